The molecule has 0 saturated carbocycles. The maximum absolute atomic E-state index is 12.3. The Bertz CT molecular complexity index is 605. The molecule has 1 aliphatic heterocycles. The number of aromatic amines is 1. The second-order valence-electron chi connectivity index (χ2n) is 5.70. The van der Waals surface area contributed by atoms with E-state index in [1.165, 1.54) is 6.33 Å². The van der Waals surface area contributed by atoms with Crippen LogP contribution in [0.4, 0.5) is 0 Å². The molecule has 112 valence electrons. The van der Waals surface area contributed by atoms with Gasteiger partial charge in [-0.05, 0) is 12.8 Å². The fraction of sp³-hybridized carbons (Fsp3) is 0.571. The molecule has 1 fully saturated rings. The van der Waals surface area contributed by atoms with E-state index >= 15 is 0 Å². The number of hydrogen-bond donors (Lipinski definition) is 1. The van der Waals surface area contributed by atoms with Gasteiger partial charge in [-0.2, -0.15) is 4.98 Å². The molecule has 3 rings (SSSR count). The van der Waals surface area contributed by atoms with Crippen molar-refractivity contribution in [2.45, 2.75) is 38.5 Å². The quantitative estimate of drug-likeness (QED) is 0.932. The number of imidazole rings is 1. The minimum absolute atomic E-state index is 0.0234. The standard InChI is InChI=1S/C14H19N5O2/c1-9(2)13-17-12(18-21-13)10-4-3-5-19(7-10)14(20)11-6-15-8-16-11/h6,8-10H,3-5,7H2,1-2H3,(H,15,16)/t10-/m0/s1. The summed E-state index contributed by atoms with van der Waals surface area (Å²) in [6, 6.07) is 0. The highest BCUT2D eigenvalue weighted by atomic mass is 16.5. The molecule has 0 radical (unpaired) electrons. The van der Waals surface area contributed by atoms with Crippen molar-refractivity contribution >= 4 is 5.91 Å². The summed E-state index contributed by atoms with van der Waals surface area (Å²) in [5, 5.41) is 4.07. The third kappa shape index (κ3) is 2.81. The minimum atomic E-state index is -0.0234. The highest BCUT2D eigenvalue weighted by molar-refractivity contribution is 5.92. The summed E-state index contributed by atoms with van der Waals surface area (Å²) < 4.78 is 5.27. The monoisotopic (exact) mass is 289 g/mol. The first-order chi connectivity index (χ1) is 10.1. The van der Waals surface area contributed by atoms with Crippen molar-refractivity contribution in [3.8, 4) is 0 Å². The SMILES string of the molecule is CC(C)c1nc([C@H]2CCCN(C(=O)c3cnc[nH]3)C2)no1. The largest absolute Gasteiger partial charge is 0.341 e. The van der Waals surface area contributed by atoms with Crippen LogP contribution in [0.25, 0.3) is 0 Å². The van der Waals surface area contributed by atoms with Crippen LogP contribution in [0.1, 0.15) is 60.7 Å². The van der Waals surface area contributed by atoms with Crippen LogP contribution in [0.15, 0.2) is 17.0 Å². The van der Waals surface area contributed by atoms with Crippen LogP contribution in [0.3, 0.4) is 0 Å². The van der Waals surface area contributed by atoms with Crippen molar-refractivity contribution in [3.05, 3.63) is 29.9 Å². The number of nitrogens with one attached hydrogen (secondary N) is 1. The highest BCUT2D eigenvalue weighted by Gasteiger charge is 2.29. The number of carbonyl (C=O) groups is 1. The Balaban J connectivity index is 1.72. The molecule has 7 heteroatoms. The van der Waals surface area contributed by atoms with Gasteiger partial charge in [-0.25, -0.2) is 4.98 Å². The van der Waals surface area contributed by atoms with Crippen LogP contribution in [-0.4, -0.2) is 44.0 Å². The lowest BCUT2D eigenvalue weighted by Crippen LogP contribution is -2.39. The number of hydrogen-bond acceptors (Lipinski definition) is 5. The molecule has 1 aliphatic rings. The molecule has 0 aromatic carbocycles. The second kappa shape index (κ2) is 5.67. The predicted octanol–water partition coefficient (Wildman–Crippen LogP) is 1.94. The number of carbonyl (C=O) groups excluding carboxylic acids is 1. The molecule has 1 saturated heterocycles. The normalized spacial score (nSPS) is 19.2. The fourth-order valence-electron chi connectivity index (χ4n) is 2.56. The molecule has 0 spiro atoms. The van der Waals surface area contributed by atoms with Gasteiger partial charge in [0.05, 0.1) is 12.5 Å². The number of likely N-dealkylation sites (tertiary alicyclic amines) is 1. The number of rotatable bonds is 3. The molecule has 7 nitrogen and oxygen atoms in total. The third-order valence-electron chi connectivity index (χ3n) is 3.75. The van der Waals surface area contributed by atoms with Crippen LogP contribution < -0.4 is 0 Å². The van der Waals surface area contributed by atoms with E-state index in [9.17, 15) is 4.79 Å². The molecule has 1 amide bonds. The van der Waals surface area contributed by atoms with E-state index in [4.69, 9.17) is 4.52 Å². The van der Waals surface area contributed by atoms with Crippen LogP contribution in [-0.2, 0) is 0 Å². The fourth-order valence-corrected chi connectivity index (χ4v) is 2.56. The number of aromatic nitrogens is 4. The summed E-state index contributed by atoms with van der Waals surface area (Å²) in [6.07, 6.45) is 4.99. The first-order valence-corrected chi connectivity index (χ1v) is 7.26. The lowest BCUT2D eigenvalue weighted by molar-refractivity contribution is 0.0698. The van der Waals surface area contributed by atoms with Gasteiger partial charge in [-0.15, -0.1) is 0 Å². The molecular weight excluding hydrogens is 270 g/mol. The van der Waals surface area contributed by atoms with Gasteiger partial charge >= 0.3 is 0 Å². The van der Waals surface area contributed by atoms with E-state index in [1.54, 1.807) is 6.20 Å². The Morgan fingerprint density at radius 1 is 1.52 bits per heavy atom. The summed E-state index contributed by atoms with van der Waals surface area (Å²) in [7, 11) is 0. The molecule has 1 atom stereocenters. The van der Waals surface area contributed by atoms with Crippen LogP contribution in [0.2, 0.25) is 0 Å². The van der Waals surface area contributed by atoms with Gasteiger partial charge in [-0.1, -0.05) is 19.0 Å². The van der Waals surface area contributed by atoms with Crippen LogP contribution in [0, 0.1) is 0 Å². The van der Waals surface area contributed by atoms with Gasteiger partial charge in [-0.3, -0.25) is 4.79 Å². The first-order valence-electron chi connectivity index (χ1n) is 7.26. The Hall–Kier alpha value is -2.18. The van der Waals surface area contributed by atoms with Crippen molar-refractivity contribution in [2.75, 3.05) is 13.1 Å². The van der Waals surface area contributed by atoms with Gasteiger partial charge in [0.25, 0.3) is 5.91 Å². The van der Waals surface area contributed by atoms with Gasteiger partial charge in [0.2, 0.25) is 5.89 Å². The lowest BCUT2D eigenvalue weighted by atomic mass is 9.97. The maximum atomic E-state index is 12.3. The summed E-state index contributed by atoms with van der Waals surface area (Å²) >= 11 is 0. The molecule has 1 N–H and O–H groups in total. The molecule has 2 aromatic rings. The Morgan fingerprint density at radius 3 is 3.05 bits per heavy atom. The third-order valence-corrected chi connectivity index (χ3v) is 3.75. The first kappa shape index (κ1) is 13.8. The summed E-state index contributed by atoms with van der Waals surface area (Å²) in [6.45, 7) is 5.41. The van der Waals surface area contributed by atoms with Gasteiger partial charge in [0, 0.05) is 24.9 Å². The highest BCUT2D eigenvalue weighted by Crippen LogP contribution is 2.26. The zero-order valence-corrected chi connectivity index (χ0v) is 12.2. The average molecular weight is 289 g/mol. The summed E-state index contributed by atoms with van der Waals surface area (Å²) in [5.41, 5.74) is 0.520. The van der Waals surface area contributed by atoms with Crippen molar-refractivity contribution in [3.63, 3.8) is 0 Å². The Kier molecular flexibility index (Phi) is 3.72. The molecular formula is C14H19N5O2. The van der Waals surface area contributed by atoms with Gasteiger partial charge < -0.3 is 14.4 Å². The van der Waals surface area contributed by atoms with Crippen molar-refractivity contribution in [2.24, 2.45) is 0 Å². The average Bonchev–Trinajstić information content (AvgIpc) is 3.18. The summed E-state index contributed by atoms with van der Waals surface area (Å²) in [5.74, 6) is 1.70. The minimum Gasteiger partial charge on any atom is -0.341 e. The van der Waals surface area contributed by atoms with Crippen molar-refractivity contribution < 1.29 is 9.32 Å². The molecule has 0 aliphatic carbocycles. The van der Waals surface area contributed by atoms with Gasteiger partial charge in [0.15, 0.2) is 5.82 Å². The molecule has 21 heavy (non-hydrogen) atoms. The lowest BCUT2D eigenvalue weighted by Gasteiger charge is -2.30. The number of H-pyrrole nitrogens is 1. The predicted molar refractivity (Wildman–Crippen MR) is 74.9 cm³/mol. The maximum Gasteiger partial charge on any atom is 0.271 e. The molecule has 0 bridgehead atoms. The second-order valence-corrected chi connectivity index (χ2v) is 5.70. The van der Waals surface area contributed by atoms with E-state index in [2.05, 4.69) is 20.1 Å². The van der Waals surface area contributed by atoms with E-state index in [0.717, 1.165) is 19.4 Å². The number of nitrogens with zero attached hydrogens (tertiary/aromatic N) is 4. The van der Waals surface area contributed by atoms with Crippen molar-refractivity contribution in [1.82, 2.24) is 25.0 Å². The van der Waals surface area contributed by atoms with Crippen molar-refractivity contribution in [1.29, 1.82) is 0 Å². The van der Waals surface area contributed by atoms with E-state index in [1.807, 2.05) is 18.7 Å². The van der Waals surface area contributed by atoms with E-state index in [0.29, 0.717) is 24.0 Å². The molecule has 2 aromatic heterocycles. The van der Waals surface area contributed by atoms with Crippen LogP contribution >= 0.6 is 0 Å². The van der Waals surface area contributed by atoms with E-state index < -0.39 is 0 Å². The molecule has 0 unspecified atom stereocenters. The summed E-state index contributed by atoms with van der Waals surface area (Å²) in [4.78, 5) is 25.4. The topological polar surface area (TPSA) is 87.9 Å². The number of piperidine rings is 1. The molecule has 3 heterocycles. The smallest absolute Gasteiger partial charge is 0.271 e. The van der Waals surface area contributed by atoms with Crippen LogP contribution in [0.5, 0.6) is 0 Å². The van der Waals surface area contributed by atoms with Gasteiger partial charge in [0.1, 0.15) is 5.69 Å². The zero-order chi connectivity index (χ0) is 14.8. The van der Waals surface area contributed by atoms with E-state index in [-0.39, 0.29) is 17.7 Å². The number of amides is 1. The zero-order valence-electron chi connectivity index (χ0n) is 12.2. The Labute approximate surface area is 122 Å². The Morgan fingerprint density at radius 2 is 2.38 bits per heavy atom.